The second-order valence-corrected chi connectivity index (χ2v) is 4.35. The van der Waals surface area contributed by atoms with Crippen molar-refractivity contribution in [2.45, 2.75) is 38.3 Å². The predicted molar refractivity (Wildman–Crippen MR) is 59.2 cm³/mol. The van der Waals surface area contributed by atoms with E-state index in [4.69, 9.17) is 10.00 Å². The van der Waals surface area contributed by atoms with Gasteiger partial charge in [0.1, 0.15) is 5.69 Å². The maximum atomic E-state index is 9.43. The molecule has 0 spiro atoms. The van der Waals surface area contributed by atoms with Crippen LogP contribution in [0.2, 0.25) is 0 Å². The van der Waals surface area contributed by atoms with Crippen LogP contribution in [0, 0.1) is 11.3 Å². The lowest BCUT2D eigenvalue weighted by Gasteiger charge is -2.13. The molecule has 1 aromatic rings. The lowest BCUT2D eigenvalue weighted by Crippen LogP contribution is -2.18. The van der Waals surface area contributed by atoms with Gasteiger partial charge < -0.3 is 9.84 Å². The van der Waals surface area contributed by atoms with Crippen molar-refractivity contribution in [1.29, 1.82) is 5.26 Å². The van der Waals surface area contributed by atoms with Crippen LogP contribution < -0.4 is 0 Å². The number of aromatic nitrogens is 3. The molecule has 1 fully saturated rings. The van der Waals surface area contributed by atoms with Gasteiger partial charge in [-0.15, -0.1) is 5.10 Å². The zero-order valence-electron chi connectivity index (χ0n) is 9.83. The van der Waals surface area contributed by atoms with Crippen molar-refractivity contribution in [3.05, 3.63) is 11.4 Å². The lowest BCUT2D eigenvalue weighted by molar-refractivity contribution is 0.164. The molecular formula is C11H16N4O2. The van der Waals surface area contributed by atoms with E-state index in [2.05, 4.69) is 16.4 Å². The zero-order valence-corrected chi connectivity index (χ0v) is 9.83. The Labute approximate surface area is 99.8 Å². The molecule has 2 rings (SSSR count). The Morgan fingerprint density at radius 2 is 2.53 bits per heavy atom. The fourth-order valence-electron chi connectivity index (χ4n) is 2.14. The SMILES string of the molecule is CC(O)Cn1nnc(CC#N)c1C1CCOC1. The van der Waals surface area contributed by atoms with Crippen molar-refractivity contribution >= 4 is 0 Å². The van der Waals surface area contributed by atoms with Gasteiger partial charge >= 0.3 is 0 Å². The van der Waals surface area contributed by atoms with Crippen LogP contribution in [0.3, 0.4) is 0 Å². The first-order valence-electron chi connectivity index (χ1n) is 5.77. The predicted octanol–water partition coefficient (Wildman–Crippen LogP) is 0.229. The Morgan fingerprint density at radius 1 is 1.71 bits per heavy atom. The van der Waals surface area contributed by atoms with Gasteiger partial charge in [0.15, 0.2) is 0 Å². The van der Waals surface area contributed by atoms with Gasteiger partial charge in [-0.1, -0.05) is 5.21 Å². The number of aliphatic hydroxyl groups excluding tert-OH is 1. The van der Waals surface area contributed by atoms with Crippen molar-refractivity contribution in [3.63, 3.8) is 0 Å². The van der Waals surface area contributed by atoms with E-state index in [0.29, 0.717) is 18.8 Å². The molecule has 1 aliphatic rings. The summed E-state index contributed by atoms with van der Waals surface area (Å²) in [7, 11) is 0. The van der Waals surface area contributed by atoms with Crippen LogP contribution in [-0.2, 0) is 17.7 Å². The summed E-state index contributed by atoms with van der Waals surface area (Å²) in [5.74, 6) is 0.243. The average molecular weight is 236 g/mol. The third-order valence-electron chi connectivity index (χ3n) is 2.85. The standard InChI is InChI=1S/C11H16N4O2/c1-8(16)6-15-11(9-3-5-17-7-9)10(2-4-12)13-14-15/h8-9,16H,2-3,5-7H2,1H3. The number of nitriles is 1. The molecule has 0 amide bonds. The molecule has 6 heteroatoms. The molecule has 0 aliphatic carbocycles. The van der Waals surface area contributed by atoms with Gasteiger partial charge in [-0.2, -0.15) is 5.26 Å². The monoisotopic (exact) mass is 236 g/mol. The van der Waals surface area contributed by atoms with Gasteiger partial charge in [-0.25, -0.2) is 4.68 Å². The third kappa shape index (κ3) is 2.62. The first-order chi connectivity index (χ1) is 8.22. The van der Waals surface area contributed by atoms with E-state index in [1.807, 2.05) is 0 Å². The van der Waals surface area contributed by atoms with Crippen LogP contribution in [-0.4, -0.2) is 39.4 Å². The van der Waals surface area contributed by atoms with Crippen molar-refractivity contribution in [3.8, 4) is 6.07 Å². The molecule has 6 nitrogen and oxygen atoms in total. The topological polar surface area (TPSA) is 84.0 Å². The summed E-state index contributed by atoms with van der Waals surface area (Å²) in [6.45, 7) is 3.49. The summed E-state index contributed by atoms with van der Waals surface area (Å²) < 4.78 is 7.06. The molecule has 0 radical (unpaired) electrons. The molecule has 0 bridgehead atoms. The highest BCUT2D eigenvalue weighted by Gasteiger charge is 2.26. The highest BCUT2D eigenvalue weighted by atomic mass is 16.5. The Bertz CT molecular complexity index is 416. The lowest BCUT2D eigenvalue weighted by atomic mass is 10.0. The molecule has 0 aromatic carbocycles. The van der Waals surface area contributed by atoms with Crippen molar-refractivity contribution in [2.24, 2.45) is 0 Å². The number of aliphatic hydroxyl groups is 1. The summed E-state index contributed by atoms with van der Waals surface area (Å²) in [6.07, 6.45) is 0.699. The highest BCUT2D eigenvalue weighted by Crippen LogP contribution is 2.27. The molecule has 2 atom stereocenters. The van der Waals surface area contributed by atoms with E-state index in [9.17, 15) is 5.11 Å². The summed E-state index contributed by atoms with van der Waals surface area (Å²) in [4.78, 5) is 0. The first-order valence-corrected chi connectivity index (χ1v) is 5.77. The van der Waals surface area contributed by atoms with Crippen LogP contribution in [0.5, 0.6) is 0 Å². The van der Waals surface area contributed by atoms with Gasteiger partial charge in [-0.05, 0) is 13.3 Å². The average Bonchev–Trinajstić information content (AvgIpc) is 2.87. The summed E-state index contributed by atoms with van der Waals surface area (Å²) in [5, 5.41) is 26.2. The Hall–Kier alpha value is -1.45. The van der Waals surface area contributed by atoms with Crippen LogP contribution in [0.25, 0.3) is 0 Å². The second kappa shape index (κ2) is 5.25. The van der Waals surface area contributed by atoms with Crippen LogP contribution in [0.15, 0.2) is 0 Å². The first kappa shape index (κ1) is 12.0. The molecule has 2 unspecified atom stereocenters. The highest BCUT2D eigenvalue weighted by molar-refractivity contribution is 5.20. The van der Waals surface area contributed by atoms with E-state index >= 15 is 0 Å². The molecular weight excluding hydrogens is 220 g/mol. The molecule has 0 saturated carbocycles. The number of rotatable bonds is 4. The van der Waals surface area contributed by atoms with Gasteiger partial charge in [-0.3, -0.25) is 0 Å². The van der Waals surface area contributed by atoms with Crippen LogP contribution in [0.4, 0.5) is 0 Å². The normalized spacial score (nSPS) is 21.4. The summed E-state index contributed by atoms with van der Waals surface area (Å²) in [6, 6.07) is 2.10. The van der Waals surface area contributed by atoms with E-state index in [1.54, 1.807) is 11.6 Å². The summed E-state index contributed by atoms with van der Waals surface area (Å²) >= 11 is 0. The Kier molecular flexibility index (Phi) is 3.71. The minimum absolute atomic E-state index is 0.243. The molecule has 1 N–H and O–H groups in total. The van der Waals surface area contributed by atoms with E-state index in [-0.39, 0.29) is 12.3 Å². The molecule has 1 aromatic heterocycles. The van der Waals surface area contributed by atoms with E-state index in [1.165, 1.54) is 0 Å². The smallest absolute Gasteiger partial charge is 0.100 e. The molecule has 2 heterocycles. The number of hydrogen-bond acceptors (Lipinski definition) is 5. The summed E-state index contributed by atoms with van der Waals surface area (Å²) in [5.41, 5.74) is 1.66. The number of ether oxygens (including phenoxy) is 1. The minimum Gasteiger partial charge on any atom is -0.391 e. The zero-order chi connectivity index (χ0) is 12.3. The third-order valence-corrected chi connectivity index (χ3v) is 2.85. The van der Waals surface area contributed by atoms with Gasteiger partial charge in [0.05, 0.1) is 37.4 Å². The number of nitrogens with zero attached hydrogens (tertiary/aromatic N) is 4. The van der Waals surface area contributed by atoms with E-state index in [0.717, 1.165) is 18.7 Å². The van der Waals surface area contributed by atoms with Crippen molar-refractivity contribution in [2.75, 3.05) is 13.2 Å². The van der Waals surface area contributed by atoms with Crippen molar-refractivity contribution in [1.82, 2.24) is 15.0 Å². The molecule has 1 aliphatic heterocycles. The second-order valence-electron chi connectivity index (χ2n) is 4.35. The Balaban J connectivity index is 2.28. The van der Waals surface area contributed by atoms with Gasteiger partial charge in [0.25, 0.3) is 0 Å². The van der Waals surface area contributed by atoms with Crippen molar-refractivity contribution < 1.29 is 9.84 Å². The minimum atomic E-state index is -0.479. The fourth-order valence-corrected chi connectivity index (χ4v) is 2.14. The van der Waals surface area contributed by atoms with Gasteiger partial charge in [0, 0.05) is 12.5 Å². The van der Waals surface area contributed by atoms with E-state index < -0.39 is 6.10 Å². The molecule has 17 heavy (non-hydrogen) atoms. The number of hydrogen-bond donors (Lipinski definition) is 1. The van der Waals surface area contributed by atoms with Crippen LogP contribution in [0.1, 0.15) is 30.7 Å². The van der Waals surface area contributed by atoms with Crippen LogP contribution >= 0.6 is 0 Å². The quantitative estimate of drug-likeness (QED) is 0.809. The fraction of sp³-hybridized carbons (Fsp3) is 0.727. The Morgan fingerprint density at radius 3 is 3.12 bits per heavy atom. The van der Waals surface area contributed by atoms with Gasteiger partial charge in [0.2, 0.25) is 0 Å². The maximum absolute atomic E-state index is 9.43. The largest absolute Gasteiger partial charge is 0.391 e. The maximum Gasteiger partial charge on any atom is 0.100 e. The molecule has 92 valence electrons. The molecule has 1 saturated heterocycles.